The molecule has 0 aliphatic carbocycles. The van der Waals surface area contributed by atoms with Crippen molar-refractivity contribution in [3.8, 4) is 17.2 Å². The second kappa shape index (κ2) is 23.1. The lowest BCUT2D eigenvalue weighted by molar-refractivity contribution is -0.141. The third-order valence-corrected chi connectivity index (χ3v) is 9.76. The molecule has 0 spiro atoms. The second-order valence-corrected chi connectivity index (χ2v) is 14.0. The number of aromatic hydroxyl groups is 1. The van der Waals surface area contributed by atoms with E-state index in [9.17, 15) is 19.5 Å². The Bertz CT molecular complexity index is 1890. The molecule has 0 fully saturated rings. The molecule has 1 heterocycles. The highest BCUT2D eigenvalue weighted by Gasteiger charge is 2.25. The van der Waals surface area contributed by atoms with Crippen LogP contribution in [0.25, 0.3) is 10.8 Å². The van der Waals surface area contributed by atoms with Crippen LogP contribution in [0.5, 0.6) is 17.2 Å². The van der Waals surface area contributed by atoms with E-state index >= 15 is 0 Å². The fourth-order valence-corrected chi connectivity index (χ4v) is 6.37. The van der Waals surface area contributed by atoms with Gasteiger partial charge in [0, 0.05) is 17.3 Å². The molecule has 2 amide bonds. The summed E-state index contributed by atoms with van der Waals surface area (Å²) in [6.45, 7) is 4.62. The summed E-state index contributed by atoms with van der Waals surface area (Å²) in [6, 6.07) is 15.1. The molecule has 0 saturated heterocycles. The number of hydrogen-bond donors (Lipinski definition) is 2. The van der Waals surface area contributed by atoms with E-state index in [0.29, 0.717) is 30.0 Å². The number of aryl methyl sites for hydroxylation is 1. The molecule has 0 aliphatic rings. The number of anilines is 1. The van der Waals surface area contributed by atoms with Crippen molar-refractivity contribution in [1.82, 2.24) is 24.7 Å². The molecule has 0 bridgehead atoms. The van der Waals surface area contributed by atoms with Gasteiger partial charge in [0.1, 0.15) is 30.5 Å². The zero-order valence-electron chi connectivity index (χ0n) is 32.5. The lowest BCUT2D eigenvalue weighted by Gasteiger charge is -2.21. The van der Waals surface area contributed by atoms with Crippen molar-refractivity contribution in [1.29, 1.82) is 0 Å². The minimum atomic E-state index is -0.936. The van der Waals surface area contributed by atoms with Crippen LogP contribution < -0.4 is 14.8 Å². The third kappa shape index (κ3) is 13.1. The number of carbonyl (C=O) groups is 3. The molecule has 4 aromatic rings. The Morgan fingerprint density at radius 3 is 2.05 bits per heavy atom. The predicted octanol–water partition coefficient (Wildman–Crippen LogP) is 9.43. The van der Waals surface area contributed by atoms with Crippen LogP contribution in [0.4, 0.5) is 10.5 Å². The molecule has 0 aliphatic heterocycles. The van der Waals surface area contributed by atoms with Gasteiger partial charge in [-0.25, -0.2) is 9.48 Å². The zero-order valence-corrected chi connectivity index (χ0v) is 33.3. The number of carbonyl (C=O) groups excluding carboxylic acids is 3. The Hall–Kier alpha value is -4.98. The fraction of sp³-hybridized carbons (Fsp3) is 0.512. The van der Waals surface area contributed by atoms with Crippen molar-refractivity contribution in [3.05, 3.63) is 64.9 Å². The summed E-state index contributed by atoms with van der Waals surface area (Å²) in [7, 11) is 1.21. The number of benzene rings is 3. The number of phenolic OH excluding ortho intramolecular Hbond substituents is 1. The molecule has 55 heavy (non-hydrogen) atoms. The third-order valence-electron chi connectivity index (χ3n) is 9.34. The van der Waals surface area contributed by atoms with Crippen LogP contribution in [-0.4, -0.2) is 68.0 Å². The maximum absolute atomic E-state index is 13.8. The molecule has 298 valence electrons. The Kier molecular flexibility index (Phi) is 17.9. The maximum atomic E-state index is 13.8. The highest BCUT2D eigenvalue weighted by molar-refractivity contribution is 7.71. The van der Waals surface area contributed by atoms with Crippen LogP contribution in [-0.2, 0) is 22.7 Å². The van der Waals surface area contributed by atoms with Gasteiger partial charge in [-0.2, -0.15) is 4.68 Å². The van der Waals surface area contributed by atoms with Crippen molar-refractivity contribution in [2.24, 2.45) is 0 Å². The Morgan fingerprint density at radius 2 is 1.38 bits per heavy atom. The lowest BCUT2D eigenvalue weighted by Crippen LogP contribution is -2.39. The summed E-state index contributed by atoms with van der Waals surface area (Å²) in [5, 5.41) is 22.9. The molecular weight excluding hydrogens is 721 g/mol. The molecule has 0 atom stereocenters. The summed E-state index contributed by atoms with van der Waals surface area (Å²) >= 11 is 5.49. The number of para-hydroxylation sites is 2. The minimum absolute atomic E-state index is 0.00915. The van der Waals surface area contributed by atoms with E-state index in [1.54, 1.807) is 47.1 Å². The van der Waals surface area contributed by atoms with Crippen molar-refractivity contribution in [2.45, 2.75) is 117 Å². The monoisotopic (exact) mass is 776 g/mol. The summed E-state index contributed by atoms with van der Waals surface area (Å²) in [6.07, 6.45) is 15.8. The first-order chi connectivity index (χ1) is 26.8. The largest absolute Gasteiger partial charge is 0.506 e. The number of rotatable bonds is 24. The van der Waals surface area contributed by atoms with Crippen LogP contribution >= 0.6 is 12.2 Å². The van der Waals surface area contributed by atoms with E-state index in [1.165, 1.54) is 82.1 Å². The summed E-state index contributed by atoms with van der Waals surface area (Å²) in [5.41, 5.74) is 0.309. The zero-order chi connectivity index (χ0) is 39.4. The first-order valence-corrected chi connectivity index (χ1v) is 20.0. The number of nitrogens with zero attached hydrogens (tertiary/aromatic N) is 5. The molecule has 0 unspecified atom stereocenters. The predicted molar refractivity (Wildman–Crippen MR) is 215 cm³/mol. The van der Waals surface area contributed by atoms with Crippen molar-refractivity contribution in [3.63, 3.8) is 0 Å². The van der Waals surface area contributed by atoms with Gasteiger partial charge in [0.2, 0.25) is 4.77 Å². The molecule has 14 heteroatoms. The van der Waals surface area contributed by atoms with Gasteiger partial charge in [-0.05, 0) is 53.7 Å². The van der Waals surface area contributed by atoms with E-state index < -0.39 is 24.5 Å². The van der Waals surface area contributed by atoms with Gasteiger partial charge in [-0.15, -0.1) is 0 Å². The van der Waals surface area contributed by atoms with Gasteiger partial charge in [-0.3, -0.25) is 14.5 Å². The molecular formula is C41H56N6O7S. The molecule has 4 rings (SSSR count). The van der Waals surface area contributed by atoms with Gasteiger partial charge in [0.15, 0.2) is 0 Å². The van der Waals surface area contributed by atoms with Crippen LogP contribution in [0.2, 0.25) is 0 Å². The average Bonchev–Trinajstić information content (AvgIpc) is 3.54. The van der Waals surface area contributed by atoms with Crippen LogP contribution in [0.3, 0.4) is 0 Å². The van der Waals surface area contributed by atoms with Gasteiger partial charge in [0.25, 0.3) is 5.91 Å². The van der Waals surface area contributed by atoms with Gasteiger partial charge >= 0.3 is 12.1 Å². The van der Waals surface area contributed by atoms with Crippen LogP contribution in [0.1, 0.15) is 114 Å². The van der Waals surface area contributed by atoms with E-state index in [-0.39, 0.29) is 33.9 Å². The van der Waals surface area contributed by atoms with Gasteiger partial charge in [-0.1, -0.05) is 127 Å². The quantitative estimate of drug-likeness (QED) is 0.0400. The number of aromatic nitrogens is 4. The molecule has 1 aromatic heterocycles. The number of esters is 1. The molecule has 13 nitrogen and oxygen atoms in total. The summed E-state index contributed by atoms with van der Waals surface area (Å²) in [5.74, 6) is -1.12. The number of ether oxygens (including phenoxy) is 3. The van der Waals surface area contributed by atoms with Crippen LogP contribution in [0, 0.1) is 4.77 Å². The summed E-state index contributed by atoms with van der Waals surface area (Å²) in [4.78, 5) is 40.9. The fourth-order valence-electron chi connectivity index (χ4n) is 6.15. The van der Waals surface area contributed by atoms with E-state index in [0.717, 1.165) is 30.6 Å². The summed E-state index contributed by atoms with van der Waals surface area (Å²) < 4.78 is 19.8. The number of methoxy groups -OCH3 is 1. The van der Waals surface area contributed by atoms with Crippen molar-refractivity contribution >= 4 is 46.6 Å². The highest BCUT2D eigenvalue weighted by atomic mass is 32.1. The van der Waals surface area contributed by atoms with Gasteiger partial charge < -0.3 is 24.6 Å². The number of unbranched alkanes of at least 4 members (excludes halogenated alkanes) is 12. The normalized spacial score (nSPS) is 11.0. The Labute approximate surface area is 328 Å². The van der Waals surface area contributed by atoms with Crippen molar-refractivity contribution in [2.75, 3.05) is 25.6 Å². The smallest absolute Gasteiger partial charge is 0.417 e. The highest BCUT2D eigenvalue weighted by Crippen LogP contribution is 2.37. The number of nitrogens with one attached hydrogen (secondary N) is 1. The average molecular weight is 777 g/mol. The number of amides is 2. The minimum Gasteiger partial charge on any atom is -0.506 e. The number of phenols is 1. The Morgan fingerprint density at radius 1 is 0.782 bits per heavy atom. The maximum Gasteiger partial charge on any atom is 0.417 e. The molecule has 2 N–H and O–H groups in total. The topological polar surface area (TPSA) is 150 Å². The standard InChI is InChI=1S/C41H56N6O7S/c1-4-6-8-9-10-11-12-13-14-15-16-21-27-53-35-25-20-19-24-34(35)42-39(50)33-28-36(31-22-17-18-23-32(31)38(33)49)54-41(51)45(29-37(48)52-3)30-47-40(55)46(43-44-47)26-7-5-2/h17-20,22-25,28,49H,4-16,21,26-27,29-30H2,1-3H3,(H,42,50). The Balaban J connectivity index is 1.41. The SMILES string of the molecule is CCCCCCCCCCCCCCOc1ccccc1NC(=O)c1cc(OC(=O)N(CC(=O)OC)Cn2nnn(CCCC)c2=S)c2ccccc2c1O. The molecule has 3 aromatic carbocycles. The van der Waals surface area contributed by atoms with E-state index in [4.69, 9.17) is 26.4 Å². The second-order valence-electron chi connectivity index (χ2n) is 13.6. The lowest BCUT2D eigenvalue weighted by atomic mass is 10.0. The van der Waals surface area contributed by atoms with Crippen LogP contribution in [0.15, 0.2) is 54.6 Å². The van der Waals surface area contributed by atoms with E-state index in [2.05, 4.69) is 22.7 Å². The van der Waals surface area contributed by atoms with E-state index in [1.807, 2.05) is 13.0 Å². The number of fused-ring (bicyclic) bond motifs is 1. The molecule has 0 radical (unpaired) electrons. The number of tetrazole rings is 1. The molecule has 0 saturated carbocycles. The number of hydrogen-bond acceptors (Lipinski definition) is 10. The van der Waals surface area contributed by atoms with Crippen molar-refractivity contribution < 1.29 is 33.7 Å². The first kappa shape index (κ1) is 42.8. The first-order valence-electron chi connectivity index (χ1n) is 19.6. The van der Waals surface area contributed by atoms with Gasteiger partial charge in [0.05, 0.1) is 25.0 Å².